The van der Waals surface area contributed by atoms with Gasteiger partial charge in [-0.25, -0.2) is 0 Å². The zero-order chi connectivity index (χ0) is 19.8. The van der Waals surface area contributed by atoms with Crippen LogP contribution in [0.4, 0.5) is 5.69 Å². The lowest BCUT2D eigenvalue weighted by Crippen LogP contribution is -2.42. The number of carbonyl (C=O) groups is 1. The van der Waals surface area contributed by atoms with E-state index in [9.17, 15) is 4.79 Å². The molecule has 0 spiro atoms. The first-order valence-corrected chi connectivity index (χ1v) is 10.4. The van der Waals surface area contributed by atoms with Crippen LogP contribution in [0.15, 0.2) is 29.3 Å². The molecule has 1 aromatic rings. The molecule has 1 heterocycles. The fraction of sp³-hybridized carbons (Fsp3) is 0.619. The van der Waals surface area contributed by atoms with Gasteiger partial charge in [0.2, 0.25) is 5.91 Å². The molecule has 0 aromatic heterocycles. The van der Waals surface area contributed by atoms with Crippen molar-refractivity contribution in [3.05, 3.63) is 24.3 Å². The van der Waals surface area contributed by atoms with Gasteiger partial charge in [-0.1, -0.05) is 12.1 Å². The summed E-state index contributed by atoms with van der Waals surface area (Å²) in [6, 6.07) is 8.18. The van der Waals surface area contributed by atoms with Gasteiger partial charge in [0.05, 0.1) is 12.8 Å². The average molecular weight is 388 g/mol. The zero-order valence-electron chi connectivity index (χ0n) is 17.0. The Morgan fingerprint density at radius 3 is 2.71 bits per heavy atom. The van der Waals surface area contributed by atoms with Crippen LogP contribution in [0.5, 0.6) is 5.75 Å². The molecule has 7 nitrogen and oxygen atoms in total. The number of para-hydroxylation sites is 2. The van der Waals surface area contributed by atoms with Gasteiger partial charge in [-0.05, 0) is 44.2 Å². The van der Waals surface area contributed by atoms with Crippen molar-refractivity contribution in [3.63, 3.8) is 0 Å². The normalized spacial score (nSPS) is 19.4. The van der Waals surface area contributed by atoms with Crippen LogP contribution in [0.2, 0.25) is 0 Å². The van der Waals surface area contributed by atoms with Crippen molar-refractivity contribution in [2.45, 2.75) is 26.2 Å². The number of nitrogens with zero attached hydrogens (tertiary/aromatic N) is 2. The number of benzene rings is 1. The molecule has 1 unspecified atom stereocenters. The Kier molecular flexibility index (Phi) is 7.39. The van der Waals surface area contributed by atoms with Crippen LogP contribution in [0.1, 0.15) is 26.2 Å². The summed E-state index contributed by atoms with van der Waals surface area (Å²) in [6.45, 7) is 6.99. The molecule has 1 aliphatic carbocycles. The van der Waals surface area contributed by atoms with Crippen LogP contribution in [0.3, 0.4) is 0 Å². The van der Waals surface area contributed by atoms with Crippen molar-refractivity contribution in [3.8, 4) is 5.75 Å². The van der Waals surface area contributed by atoms with Crippen molar-refractivity contribution in [2.75, 3.05) is 51.3 Å². The second-order valence-electron chi connectivity index (χ2n) is 7.48. The molecule has 1 aromatic carbocycles. The number of amides is 1. The second-order valence-corrected chi connectivity index (χ2v) is 7.48. The summed E-state index contributed by atoms with van der Waals surface area (Å²) in [6.07, 6.45) is 3.20. The molecule has 1 amide bonds. The molecule has 1 saturated carbocycles. The van der Waals surface area contributed by atoms with Gasteiger partial charge in [0.15, 0.2) is 5.96 Å². The molecule has 1 saturated heterocycles. The summed E-state index contributed by atoms with van der Waals surface area (Å²) in [4.78, 5) is 18.8. The maximum Gasteiger partial charge on any atom is 0.223 e. The lowest BCUT2D eigenvalue weighted by molar-refractivity contribution is -0.122. The molecular formula is C21H33N5O2. The number of methoxy groups -OCH3 is 1. The highest BCUT2D eigenvalue weighted by Gasteiger charge is 2.29. The summed E-state index contributed by atoms with van der Waals surface area (Å²) < 4.78 is 5.49. The number of rotatable bonds is 9. The molecule has 3 rings (SSSR count). The summed E-state index contributed by atoms with van der Waals surface area (Å²) in [5, 5.41) is 9.57. The SMILES string of the molecule is CCNC(=NCC1CCN(c2ccccc2OC)C1)NCCNC(=O)C1CC1. The molecule has 3 N–H and O–H groups in total. The van der Waals surface area contributed by atoms with Crippen LogP contribution in [-0.2, 0) is 4.79 Å². The van der Waals surface area contributed by atoms with Gasteiger partial charge in [-0.2, -0.15) is 0 Å². The van der Waals surface area contributed by atoms with Gasteiger partial charge in [-0.15, -0.1) is 0 Å². The van der Waals surface area contributed by atoms with E-state index in [1.165, 1.54) is 0 Å². The highest BCUT2D eigenvalue weighted by molar-refractivity contribution is 5.81. The highest BCUT2D eigenvalue weighted by atomic mass is 16.5. The van der Waals surface area contributed by atoms with Crippen LogP contribution in [0.25, 0.3) is 0 Å². The summed E-state index contributed by atoms with van der Waals surface area (Å²) >= 11 is 0. The largest absolute Gasteiger partial charge is 0.495 e. The van der Waals surface area contributed by atoms with Crippen LogP contribution in [-0.4, -0.2) is 58.2 Å². The molecule has 2 aliphatic rings. The molecule has 0 radical (unpaired) electrons. The van der Waals surface area contributed by atoms with Crippen molar-refractivity contribution < 1.29 is 9.53 Å². The topological polar surface area (TPSA) is 78.0 Å². The van der Waals surface area contributed by atoms with E-state index in [4.69, 9.17) is 9.73 Å². The zero-order valence-corrected chi connectivity index (χ0v) is 17.0. The predicted octanol–water partition coefficient (Wildman–Crippen LogP) is 1.60. The Balaban J connectivity index is 1.44. The Labute approximate surface area is 167 Å². The minimum absolute atomic E-state index is 0.186. The third-order valence-electron chi connectivity index (χ3n) is 5.23. The third-order valence-corrected chi connectivity index (χ3v) is 5.23. The molecule has 0 bridgehead atoms. The molecule has 28 heavy (non-hydrogen) atoms. The number of guanidine groups is 1. The van der Waals surface area contributed by atoms with Crippen molar-refractivity contribution in [1.82, 2.24) is 16.0 Å². The number of carbonyl (C=O) groups excluding carboxylic acids is 1. The molecule has 1 aliphatic heterocycles. The maximum atomic E-state index is 11.7. The van der Waals surface area contributed by atoms with E-state index in [1.54, 1.807) is 7.11 Å². The van der Waals surface area contributed by atoms with Crippen LogP contribution in [0, 0.1) is 11.8 Å². The van der Waals surface area contributed by atoms with E-state index >= 15 is 0 Å². The summed E-state index contributed by atoms with van der Waals surface area (Å²) in [7, 11) is 1.72. The Bertz CT molecular complexity index is 675. The van der Waals surface area contributed by atoms with E-state index in [0.717, 1.165) is 62.8 Å². The second kappa shape index (κ2) is 10.2. The number of nitrogens with one attached hydrogen (secondary N) is 3. The van der Waals surface area contributed by atoms with Gasteiger partial charge >= 0.3 is 0 Å². The number of anilines is 1. The highest BCUT2D eigenvalue weighted by Crippen LogP contribution is 2.32. The fourth-order valence-corrected chi connectivity index (χ4v) is 3.51. The Morgan fingerprint density at radius 1 is 1.18 bits per heavy atom. The van der Waals surface area contributed by atoms with Crippen molar-refractivity contribution >= 4 is 17.6 Å². The van der Waals surface area contributed by atoms with Gasteiger partial charge in [0.25, 0.3) is 0 Å². The minimum atomic E-state index is 0.186. The first-order valence-electron chi connectivity index (χ1n) is 10.4. The van der Waals surface area contributed by atoms with Crippen molar-refractivity contribution in [1.29, 1.82) is 0 Å². The quantitative estimate of drug-likeness (QED) is 0.341. The minimum Gasteiger partial charge on any atom is -0.495 e. The van der Waals surface area contributed by atoms with Gasteiger partial charge in [-0.3, -0.25) is 9.79 Å². The van der Waals surface area contributed by atoms with Gasteiger partial charge in [0, 0.05) is 45.2 Å². The van der Waals surface area contributed by atoms with Gasteiger partial charge < -0.3 is 25.6 Å². The average Bonchev–Trinajstić information content (AvgIpc) is 3.47. The van der Waals surface area contributed by atoms with Crippen LogP contribution >= 0.6 is 0 Å². The lowest BCUT2D eigenvalue weighted by Gasteiger charge is -2.21. The van der Waals surface area contributed by atoms with E-state index in [1.807, 2.05) is 12.1 Å². The fourth-order valence-electron chi connectivity index (χ4n) is 3.51. The van der Waals surface area contributed by atoms with Crippen molar-refractivity contribution in [2.24, 2.45) is 16.8 Å². The molecule has 7 heteroatoms. The van der Waals surface area contributed by atoms with E-state index in [-0.39, 0.29) is 11.8 Å². The lowest BCUT2D eigenvalue weighted by atomic mass is 10.1. The Morgan fingerprint density at radius 2 is 1.96 bits per heavy atom. The predicted molar refractivity (Wildman–Crippen MR) is 113 cm³/mol. The van der Waals surface area contributed by atoms with E-state index < -0.39 is 0 Å². The monoisotopic (exact) mass is 387 g/mol. The third kappa shape index (κ3) is 5.78. The first-order chi connectivity index (χ1) is 13.7. The number of ether oxygens (including phenoxy) is 1. The molecule has 154 valence electrons. The maximum absolute atomic E-state index is 11.7. The summed E-state index contributed by atoms with van der Waals surface area (Å²) in [5.41, 5.74) is 1.16. The van der Waals surface area contributed by atoms with E-state index in [0.29, 0.717) is 19.0 Å². The number of hydrogen-bond donors (Lipinski definition) is 3. The van der Waals surface area contributed by atoms with Crippen LogP contribution < -0.4 is 25.6 Å². The number of aliphatic imine (C=N–C) groups is 1. The first kappa shape index (κ1) is 20.3. The standard InChI is InChI=1S/C21H33N5O2/c1-3-22-21(24-12-11-23-20(27)17-8-9-17)25-14-16-10-13-26(15-16)18-6-4-5-7-19(18)28-2/h4-7,16-17H,3,8-15H2,1-2H3,(H,23,27)(H2,22,24,25). The molecule has 2 fully saturated rings. The molecule has 1 atom stereocenters. The molecular weight excluding hydrogens is 354 g/mol. The van der Waals surface area contributed by atoms with E-state index in [2.05, 4.69) is 39.9 Å². The van der Waals surface area contributed by atoms with Gasteiger partial charge in [0.1, 0.15) is 5.75 Å². The number of hydrogen-bond acceptors (Lipinski definition) is 4. The Hall–Kier alpha value is -2.44. The smallest absolute Gasteiger partial charge is 0.223 e. The summed E-state index contributed by atoms with van der Waals surface area (Å²) in [5.74, 6) is 2.71.